The third-order valence-corrected chi connectivity index (χ3v) is 4.74. The summed E-state index contributed by atoms with van der Waals surface area (Å²) in [6, 6.07) is 10.2. The second-order valence-corrected chi connectivity index (χ2v) is 6.66. The van der Waals surface area contributed by atoms with Gasteiger partial charge < -0.3 is 10.6 Å². The summed E-state index contributed by atoms with van der Waals surface area (Å²) in [6.07, 6.45) is 1.44. The zero-order chi connectivity index (χ0) is 19.7. The molecule has 0 bridgehead atoms. The van der Waals surface area contributed by atoms with E-state index in [1.807, 2.05) is 13.0 Å². The molecule has 1 aliphatic rings. The Balaban J connectivity index is 1.56. The van der Waals surface area contributed by atoms with Crippen molar-refractivity contribution in [2.45, 2.75) is 6.92 Å². The largest absolute Gasteiger partial charge is 0.336 e. The summed E-state index contributed by atoms with van der Waals surface area (Å²) in [4.78, 5) is 26.3. The Kier molecular flexibility index (Phi) is 4.66. The van der Waals surface area contributed by atoms with Crippen LogP contribution in [0.4, 0.5) is 16.2 Å². The number of benzene rings is 2. The number of nitrogens with zero attached hydrogens (tertiary/aromatic N) is 5. The molecule has 0 saturated carbocycles. The van der Waals surface area contributed by atoms with Crippen LogP contribution in [0.5, 0.6) is 0 Å². The zero-order valence-corrected chi connectivity index (χ0v) is 15.6. The van der Waals surface area contributed by atoms with Gasteiger partial charge in [0.1, 0.15) is 6.33 Å². The molecular weight excluding hydrogens is 382 g/mol. The second-order valence-electron chi connectivity index (χ2n) is 6.26. The minimum Gasteiger partial charge on any atom is -0.336 e. The molecule has 0 unspecified atom stereocenters. The molecule has 0 atom stereocenters. The van der Waals surface area contributed by atoms with E-state index in [9.17, 15) is 9.59 Å². The minimum absolute atomic E-state index is 0.146. The van der Waals surface area contributed by atoms with E-state index >= 15 is 0 Å². The Morgan fingerprint density at radius 1 is 1.25 bits per heavy atom. The van der Waals surface area contributed by atoms with Crippen LogP contribution in [0.15, 0.2) is 42.7 Å². The second kappa shape index (κ2) is 7.28. The van der Waals surface area contributed by atoms with Crippen LogP contribution in [0.3, 0.4) is 0 Å². The van der Waals surface area contributed by atoms with Gasteiger partial charge in [-0.05, 0) is 53.2 Å². The number of halogens is 1. The lowest BCUT2D eigenvalue weighted by Gasteiger charge is -2.18. The van der Waals surface area contributed by atoms with Gasteiger partial charge in [-0.1, -0.05) is 17.7 Å². The van der Waals surface area contributed by atoms with E-state index in [-0.39, 0.29) is 17.0 Å². The van der Waals surface area contributed by atoms with Gasteiger partial charge in [0.05, 0.1) is 22.0 Å². The Bertz CT molecular complexity index is 1050. The Morgan fingerprint density at radius 2 is 2.11 bits per heavy atom. The molecule has 10 heteroatoms. The summed E-state index contributed by atoms with van der Waals surface area (Å²) >= 11 is 6.28. The SMILES string of the molecule is Cc1ccc(NC(=O)c2ccc(-n3cnnn3)cc2Cl)cc1N1CCNC1=O. The summed E-state index contributed by atoms with van der Waals surface area (Å²) in [6.45, 7) is 3.10. The zero-order valence-electron chi connectivity index (χ0n) is 14.9. The van der Waals surface area contributed by atoms with Gasteiger partial charge in [-0.15, -0.1) is 5.10 Å². The fourth-order valence-corrected chi connectivity index (χ4v) is 3.25. The van der Waals surface area contributed by atoms with Crippen molar-refractivity contribution in [1.29, 1.82) is 0 Å². The molecule has 28 heavy (non-hydrogen) atoms. The third-order valence-electron chi connectivity index (χ3n) is 4.43. The van der Waals surface area contributed by atoms with Gasteiger partial charge >= 0.3 is 6.03 Å². The average Bonchev–Trinajstić information content (AvgIpc) is 3.35. The van der Waals surface area contributed by atoms with Crippen molar-refractivity contribution in [3.8, 4) is 5.69 Å². The van der Waals surface area contributed by atoms with Crippen LogP contribution in [-0.4, -0.2) is 45.2 Å². The first-order valence-electron chi connectivity index (χ1n) is 8.53. The number of hydrogen-bond acceptors (Lipinski definition) is 5. The van der Waals surface area contributed by atoms with Gasteiger partial charge in [0, 0.05) is 18.8 Å². The monoisotopic (exact) mass is 397 g/mol. The van der Waals surface area contributed by atoms with Gasteiger partial charge in [-0.25, -0.2) is 9.48 Å². The van der Waals surface area contributed by atoms with Crippen LogP contribution in [0.2, 0.25) is 5.02 Å². The molecule has 3 aromatic rings. The Morgan fingerprint density at radius 3 is 2.79 bits per heavy atom. The van der Waals surface area contributed by atoms with Crippen molar-refractivity contribution in [2.75, 3.05) is 23.3 Å². The number of carbonyl (C=O) groups is 2. The number of tetrazole rings is 1. The molecule has 0 spiro atoms. The average molecular weight is 398 g/mol. The molecule has 1 aliphatic heterocycles. The number of carbonyl (C=O) groups excluding carboxylic acids is 2. The van der Waals surface area contributed by atoms with E-state index in [0.29, 0.717) is 30.0 Å². The number of rotatable bonds is 4. The van der Waals surface area contributed by atoms with Crippen molar-refractivity contribution in [1.82, 2.24) is 25.5 Å². The van der Waals surface area contributed by atoms with Gasteiger partial charge in [0.2, 0.25) is 0 Å². The highest BCUT2D eigenvalue weighted by Gasteiger charge is 2.23. The first kappa shape index (κ1) is 17.9. The van der Waals surface area contributed by atoms with Gasteiger partial charge in [0.25, 0.3) is 5.91 Å². The van der Waals surface area contributed by atoms with Crippen molar-refractivity contribution in [3.63, 3.8) is 0 Å². The molecule has 1 fully saturated rings. The van der Waals surface area contributed by atoms with Crippen LogP contribution in [0, 0.1) is 6.92 Å². The molecule has 9 nitrogen and oxygen atoms in total. The maximum atomic E-state index is 12.7. The third kappa shape index (κ3) is 3.39. The molecule has 2 aromatic carbocycles. The summed E-state index contributed by atoms with van der Waals surface area (Å²) in [7, 11) is 0. The van der Waals surface area contributed by atoms with Crippen molar-refractivity contribution >= 4 is 34.9 Å². The van der Waals surface area contributed by atoms with Crippen LogP contribution in [0.25, 0.3) is 5.69 Å². The lowest BCUT2D eigenvalue weighted by molar-refractivity contribution is 0.102. The molecule has 0 aliphatic carbocycles. The van der Waals surface area contributed by atoms with Crippen LogP contribution >= 0.6 is 11.6 Å². The highest BCUT2D eigenvalue weighted by molar-refractivity contribution is 6.34. The Hall–Kier alpha value is -3.46. The van der Waals surface area contributed by atoms with E-state index in [4.69, 9.17) is 11.6 Å². The molecule has 2 heterocycles. The number of nitrogens with one attached hydrogen (secondary N) is 2. The number of urea groups is 1. The van der Waals surface area contributed by atoms with Crippen molar-refractivity contribution in [2.24, 2.45) is 0 Å². The first-order chi connectivity index (χ1) is 13.5. The smallest absolute Gasteiger partial charge is 0.322 e. The first-order valence-corrected chi connectivity index (χ1v) is 8.91. The van der Waals surface area contributed by atoms with Crippen LogP contribution < -0.4 is 15.5 Å². The van der Waals surface area contributed by atoms with Crippen molar-refractivity contribution in [3.05, 3.63) is 58.9 Å². The summed E-state index contributed by atoms with van der Waals surface area (Å²) in [5, 5.41) is 16.8. The normalized spacial score (nSPS) is 13.5. The number of hydrogen-bond donors (Lipinski definition) is 2. The van der Waals surface area contributed by atoms with E-state index in [2.05, 4.69) is 26.2 Å². The summed E-state index contributed by atoms with van der Waals surface area (Å²) in [5.41, 5.74) is 3.24. The number of amides is 3. The lowest BCUT2D eigenvalue weighted by Crippen LogP contribution is -2.28. The quantitative estimate of drug-likeness (QED) is 0.703. The van der Waals surface area contributed by atoms with Crippen LogP contribution in [0.1, 0.15) is 15.9 Å². The topological polar surface area (TPSA) is 105 Å². The molecule has 3 amide bonds. The molecular formula is C18H16ClN7O2. The maximum absolute atomic E-state index is 12.7. The molecule has 2 N–H and O–H groups in total. The summed E-state index contributed by atoms with van der Waals surface area (Å²) < 4.78 is 1.45. The van der Waals surface area contributed by atoms with E-state index in [1.54, 1.807) is 35.2 Å². The highest BCUT2D eigenvalue weighted by atomic mass is 35.5. The van der Waals surface area contributed by atoms with Gasteiger partial charge in [-0.3, -0.25) is 9.69 Å². The fourth-order valence-electron chi connectivity index (χ4n) is 2.99. The minimum atomic E-state index is -0.353. The fraction of sp³-hybridized carbons (Fsp3) is 0.167. The van der Waals surface area contributed by atoms with Gasteiger partial charge in [-0.2, -0.15) is 0 Å². The predicted octanol–water partition coefficient (Wildman–Crippen LogP) is 2.41. The van der Waals surface area contributed by atoms with Crippen LogP contribution in [-0.2, 0) is 0 Å². The standard InChI is InChI=1S/C18H16ClN7O2/c1-11-2-3-12(8-16(11)25-7-6-20-18(25)28)22-17(27)14-5-4-13(9-15(14)19)26-10-21-23-24-26/h2-5,8-10H,6-7H2,1H3,(H,20,28)(H,22,27). The van der Waals surface area contributed by atoms with E-state index in [1.165, 1.54) is 11.0 Å². The van der Waals surface area contributed by atoms with E-state index in [0.717, 1.165) is 11.3 Å². The van der Waals surface area contributed by atoms with E-state index < -0.39 is 0 Å². The number of aromatic nitrogens is 4. The number of anilines is 2. The molecule has 1 saturated heterocycles. The Labute approximate surface area is 165 Å². The molecule has 142 valence electrons. The predicted molar refractivity (Wildman–Crippen MR) is 104 cm³/mol. The van der Waals surface area contributed by atoms with Gasteiger partial charge in [0.15, 0.2) is 0 Å². The molecule has 4 rings (SSSR count). The maximum Gasteiger partial charge on any atom is 0.322 e. The summed E-state index contributed by atoms with van der Waals surface area (Å²) in [5.74, 6) is -0.353. The molecule has 0 radical (unpaired) electrons. The van der Waals surface area contributed by atoms with Crippen molar-refractivity contribution < 1.29 is 9.59 Å². The lowest BCUT2D eigenvalue weighted by atomic mass is 10.1. The number of aryl methyl sites for hydroxylation is 1. The molecule has 1 aromatic heterocycles. The highest BCUT2D eigenvalue weighted by Crippen LogP contribution is 2.27.